The van der Waals surface area contributed by atoms with Crippen molar-refractivity contribution in [1.29, 1.82) is 0 Å². The summed E-state index contributed by atoms with van der Waals surface area (Å²) in [6, 6.07) is 16.3. The van der Waals surface area contributed by atoms with Crippen molar-refractivity contribution in [2.75, 3.05) is 18.1 Å². The van der Waals surface area contributed by atoms with Gasteiger partial charge in [0.05, 0.1) is 18.7 Å². The van der Waals surface area contributed by atoms with E-state index in [-0.39, 0.29) is 42.6 Å². The second-order valence-electron chi connectivity index (χ2n) is 7.70. The average Bonchev–Trinajstić information content (AvgIpc) is 2.68. The molecule has 2 aromatic carbocycles. The third-order valence-electron chi connectivity index (χ3n) is 5.60. The van der Waals surface area contributed by atoms with Crippen LogP contribution in [0.5, 0.6) is 0 Å². The number of urea groups is 1. The van der Waals surface area contributed by atoms with Crippen LogP contribution in [0.25, 0.3) is 0 Å². The minimum atomic E-state index is -0.283. The van der Waals surface area contributed by atoms with Gasteiger partial charge in [0.2, 0.25) is 0 Å². The van der Waals surface area contributed by atoms with E-state index in [0.717, 1.165) is 11.3 Å². The van der Waals surface area contributed by atoms with Gasteiger partial charge in [0.1, 0.15) is 0 Å². The van der Waals surface area contributed by atoms with Gasteiger partial charge in [-0.3, -0.25) is 9.69 Å². The van der Waals surface area contributed by atoms with Gasteiger partial charge in [-0.25, -0.2) is 4.79 Å². The van der Waals surface area contributed by atoms with Crippen LogP contribution in [0.2, 0.25) is 0 Å². The number of aliphatic hydroxyl groups excluding tert-OH is 1. The van der Waals surface area contributed by atoms with Gasteiger partial charge in [0.25, 0.3) is 5.91 Å². The molecule has 6 nitrogen and oxygen atoms in total. The van der Waals surface area contributed by atoms with Gasteiger partial charge in [0, 0.05) is 29.8 Å². The van der Waals surface area contributed by atoms with Crippen molar-refractivity contribution in [1.82, 2.24) is 10.2 Å². The number of fused-ring (bicyclic) bond motifs is 3. The molecule has 28 heavy (non-hydrogen) atoms. The first-order valence-corrected chi connectivity index (χ1v) is 9.68. The summed E-state index contributed by atoms with van der Waals surface area (Å²) < 4.78 is 0. The number of carbonyl (C=O) groups is 2. The number of anilines is 1. The molecule has 0 spiro atoms. The maximum atomic E-state index is 13.1. The molecule has 0 aromatic heterocycles. The summed E-state index contributed by atoms with van der Waals surface area (Å²) in [6.07, 6.45) is 0. The van der Waals surface area contributed by atoms with E-state index in [1.165, 1.54) is 0 Å². The first-order valence-electron chi connectivity index (χ1n) is 9.68. The summed E-state index contributed by atoms with van der Waals surface area (Å²) in [5, 5.41) is 13.0. The predicted octanol–water partition coefficient (Wildman–Crippen LogP) is 2.59. The van der Waals surface area contributed by atoms with E-state index < -0.39 is 0 Å². The molecule has 0 bridgehead atoms. The van der Waals surface area contributed by atoms with Crippen LogP contribution in [0.1, 0.15) is 35.7 Å². The summed E-state index contributed by atoms with van der Waals surface area (Å²) in [7, 11) is 0. The molecule has 3 atom stereocenters. The fraction of sp³-hybridized carbons (Fsp3) is 0.364. The van der Waals surface area contributed by atoms with E-state index >= 15 is 0 Å². The van der Waals surface area contributed by atoms with Crippen LogP contribution in [-0.4, -0.2) is 53.2 Å². The number of amides is 3. The Labute approximate surface area is 164 Å². The lowest BCUT2D eigenvalue weighted by Gasteiger charge is -2.58. The van der Waals surface area contributed by atoms with Crippen LogP contribution in [0.3, 0.4) is 0 Å². The van der Waals surface area contributed by atoms with Crippen molar-refractivity contribution in [3.63, 3.8) is 0 Å². The molecule has 0 saturated carbocycles. The van der Waals surface area contributed by atoms with E-state index in [1.54, 1.807) is 21.9 Å². The predicted molar refractivity (Wildman–Crippen MR) is 107 cm³/mol. The minimum Gasteiger partial charge on any atom is -0.394 e. The second kappa shape index (κ2) is 7.28. The third-order valence-corrected chi connectivity index (χ3v) is 5.60. The zero-order valence-corrected chi connectivity index (χ0v) is 16.1. The van der Waals surface area contributed by atoms with E-state index in [0.29, 0.717) is 12.1 Å². The number of hydrogen-bond acceptors (Lipinski definition) is 3. The van der Waals surface area contributed by atoms with Crippen molar-refractivity contribution in [2.45, 2.75) is 37.9 Å². The van der Waals surface area contributed by atoms with E-state index in [1.807, 2.05) is 56.3 Å². The molecule has 1 fully saturated rings. The van der Waals surface area contributed by atoms with Crippen molar-refractivity contribution in [2.24, 2.45) is 0 Å². The molecule has 6 heteroatoms. The summed E-state index contributed by atoms with van der Waals surface area (Å²) >= 11 is 0. The zero-order valence-electron chi connectivity index (χ0n) is 16.1. The summed E-state index contributed by atoms with van der Waals surface area (Å²) in [5.74, 6) is -0.0820. The maximum absolute atomic E-state index is 13.1. The zero-order chi connectivity index (χ0) is 19.8. The SMILES string of the molecule is CC(C)NC(=O)N1C[C@@H]2[C@H](c3ccccc31)[C@H](CO)N2C(=O)c1ccccc1. The maximum Gasteiger partial charge on any atom is 0.322 e. The number of hydrogen-bond donors (Lipinski definition) is 2. The highest BCUT2D eigenvalue weighted by molar-refractivity contribution is 5.98. The molecule has 2 aliphatic heterocycles. The number of nitrogens with zero attached hydrogens (tertiary/aromatic N) is 2. The number of benzene rings is 2. The van der Waals surface area contributed by atoms with E-state index in [2.05, 4.69) is 5.32 Å². The Bertz CT molecular complexity index is 884. The molecule has 2 N–H and O–H groups in total. The number of para-hydroxylation sites is 1. The molecule has 0 aliphatic carbocycles. The van der Waals surface area contributed by atoms with Crippen LogP contribution < -0.4 is 10.2 Å². The van der Waals surface area contributed by atoms with Gasteiger partial charge in [-0.05, 0) is 37.6 Å². The topological polar surface area (TPSA) is 72.9 Å². The third kappa shape index (κ3) is 2.94. The molecule has 0 unspecified atom stereocenters. The van der Waals surface area contributed by atoms with E-state index in [9.17, 15) is 14.7 Å². The molecule has 1 saturated heterocycles. The Hall–Kier alpha value is -2.86. The number of nitrogens with one attached hydrogen (secondary N) is 1. The van der Waals surface area contributed by atoms with Gasteiger partial charge in [-0.15, -0.1) is 0 Å². The molecule has 146 valence electrons. The number of carbonyl (C=O) groups excluding carboxylic acids is 2. The molecule has 2 aromatic rings. The van der Waals surface area contributed by atoms with Crippen LogP contribution in [0.4, 0.5) is 10.5 Å². The van der Waals surface area contributed by atoms with Gasteiger partial charge in [-0.1, -0.05) is 36.4 Å². The van der Waals surface area contributed by atoms with Crippen molar-refractivity contribution < 1.29 is 14.7 Å². The first kappa shape index (κ1) is 18.5. The minimum absolute atomic E-state index is 0.0195. The fourth-order valence-electron chi connectivity index (χ4n) is 4.41. The first-order chi connectivity index (χ1) is 13.5. The summed E-state index contributed by atoms with van der Waals surface area (Å²) in [4.78, 5) is 29.4. The highest BCUT2D eigenvalue weighted by Crippen LogP contribution is 2.48. The van der Waals surface area contributed by atoms with Gasteiger partial charge >= 0.3 is 6.03 Å². The second-order valence-corrected chi connectivity index (χ2v) is 7.70. The monoisotopic (exact) mass is 379 g/mol. The molecule has 2 aliphatic rings. The van der Waals surface area contributed by atoms with Gasteiger partial charge < -0.3 is 15.3 Å². The summed E-state index contributed by atoms with van der Waals surface area (Å²) in [5.41, 5.74) is 2.46. The molecule has 4 rings (SSSR count). The van der Waals surface area contributed by atoms with Gasteiger partial charge in [-0.2, -0.15) is 0 Å². The van der Waals surface area contributed by atoms with Crippen molar-refractivity contribution in [3.05, 3.63) is 65.7 Å². The number of likely N-dealkylation sites (tertiary alicyclic amines) is 1. The Balaban J connectivity index is 1.69. The van der Waals surface area contributed by atoms with Crippen molar-refractivity contribution >= 4 is 17.6 Å². The quantitative estimate of drug-likeness (QED) is 0.861. The Morgan fingerprint density at radius 2 is 1.79 bits per heavy atom. The van der Waals surface area contributed by atoms with Crippen LogP contribution in [0, 0.1) is 0 Å². The van der Waals surface area contributed by atoms with Crippen molar-refractivity contribution in [3.8, 4) is 0 Å². The molecule has 3 amide bonds. The smallest absolute Gasteiger partial charge is 0.322 e. The Kier molecular flexibility index (Phi) is 4.81. The van der Waals surface area contributed by atoms with Crippen LogP contribution in [0.15, 0.2) is 54.6 Å². The molecular weight excluding hydrogens is 354 g/mol. The number of aliphatic hydroxyl groups is 1. The molecule has 0 radical (unpaired) electrons. The average molecular weight is 379 g/mol. The lowest BCUT2D eigenvalue weighted by Crippen LogP contribution is -2.71. The number of rotatable bonds is 3. The Morgan fingerprint density at radius 1 is 1.11 bits per heavy atom. The van der Waals surface area contributed by atoms with E-state index in [4.69, 9.17) is 0 Å². The largest absolute Gasteiger partial charge is 0.394 e. The normalized spacial score (nSPS) is 22.9. The molecular formula is C22H25N3O3. The lowest BCUT2D eigenvalue weighted by atomic mass is 9.71. The standard InChI is InChI=1S/C22H25N3O3/c1-14(2)23-22(28)24-12-18-20(16-10-6-7-11-17(16)24)19(13-26)25(18)21(27)15-8-4-3-5-9-15/h3-11,14,18-20,26H,12-13H2,1-2H3,(H,23,28)/t18-,19+,20+/m1/s1. The van der Waals surface area contributed by atoms with Crippen LogP contribution >= 0.6 is 0 Å². The highest BCUT2D eigenvalue weighted by atomic mass is 16.3. The summed E-state index contributed by atoms with van der Waals surface area (Å²) in [6.45, 7) is 4.15. The fourth-order valence-corrected chi connectivity index (χ4v) is 4.41. The molecule has 2 heterocycles. The lowest BCUT2D eigenvalue weighted by molar-refractivity contribution is -0.0242. The van der Waals surface area contributed by atoms with Gasteiger partial charge in [0.15, 0.2) is 0 Å². The Morgan fingerprint density at radius 3 is 2.46 bits per heavy atom. The highest BCUT2D eigenvalue weighted by Gasteiger charge is 2.55. The van der Waals surface area contributed by atoms with Crippen LogP contribution in [-0.2, 0) is 0 Å².